The van der Waals surface area contributed by atoms with Gasteiger partial charge in [-0.25, -0.2) is 0 Å². The molecule has 0 spiro atoms. The highest BCUT2D eigenvalue weighted by Gasteiger charge is 2.49. The van der Waals surface area contributed by atoms with Gasteiger partial charge in [0.25, 0.3) is 0 Å². The Labute approximate surface area is 296 Å². The SMILES string of the molecule is C.COc1cccc2c1C(=O)c1c(O)c3c(c(O)c1C2=O)C[C@@](O)(C(C)=O)CC3OC1CC(NCc2ccc(N)cc2)C(O)C(C)O1.Cl.Cl. The maximum atomic E-state index is 13.8. The molecule has 14 heteroatoms. The third kappa shape index (κ3) is 6.87. The van der Waals surface area contributed by atoms with Gasteiger partial charge in [0, 0.05) is 54.2 Å². The Hall–Kier alpha value is -3.75. The third-order valence-corrected chi connectivity index (χ3v) is 9.30. The van der Waals surface area contributed by atoms with Crippen molar-refractivity contribution in [3.63, 3.8) is 0 Å². The van der Waals surface area contributed by atoms with Crippen LogP contribution in [0.4, 0.5) is 5.69 Å². The van der Waals surface area contributed by atoms with Crippen molar-refractivity contribution in [1.82, 2.24) is 5.32 Å². The molecule has 0 amide bonds. The number of methoxy groups -OCH3 is 1. The first-order chi connectivity index (χ1) is 21.8. The van der Waals surface area contributed by atoms with Crippen LogP contribution < -0.4 is 15.8 Å². The van der Waals surface area contributed by atoms with Crippen LogP contribution in [0.15, 0.2) is 42.5 Å². The zero-order valence-corrected chi connectivity index (χ0v) is 28.0. The minimum atomic E-state index is -2.02. The minimum Gasteiger partial charge on any atom is -0.507 e. The molecule has 6 rings (SSSR count). The van der Waals surface area contributed by atoms with E-state index >= 15 is 0 Å². The number of aliphatic hydroxyl groups is 2. The maximum absolute atomic E-state index is 13.8. The van der Waals surface area contributed by atoms with E-state index in [2.05, 4.69) is 5.32 Å². The number of nitrogens with two attached hydrogens (primary N) is 1. The van der Waals surface area contributed by atoms with Crippen molar-refractivity contribution in [3.8, 4) is 17.2 Å². The molecule has 1 saturated heterocycles. The number of phenols is 2. The van der Waals surface area contributed by atoms with E-state index in [-0.39, 0.29) is 73.1 Å². The van der Waals surface area contributed by atoms with Gasteiger partial charge in [-0.3, -0.25) is 14.4 Å². The molecule has 2 aliphatic carbocycles. The summed E-state index contributed by atoms with van der Waals surface area (Å²) in [5.74, 6) is -3.17. The van der Waals surface area contributed by atoms with Gasteiger partial charge in [0.15, 0.2) is 17.9 Å². The van der Waals surface area contributed by atoms with E-state index in [0.717, 1.165) is 5.56 Å². The van der Waals surface area contributed by atoms with Crippen LogP contribution in [0.25, 0.3) is 0 Å². The fourth-order valence-electron chi connectivity index (χ4n) is 6.71. The highest BCUT2D eigenvalue weighted by Crippen LogP contribution is 2.52. The van der Waals surface area contributed by atoms with E-state index in [1.54, 1.807) is 19.1 Å². The molecule has 0 aromatic heterocycles. The topological polar surface area (TPSA) is 198 Å². The molecule has 49 heavy (non-hydrogen) atoms. The Balaban J connectivity index is 0.00000217. The summed E-state index contributed by atoms with van der Waals surface area (Å²) in [7, 11) is 1.35. The van der Waals surface area contributed by atoms with Gasteiger partial charge in [-0.15, -0.1) is 24.8 Å². The lowest BCUT2D eigenvalue weighted by molar-refractivity contribution is -0.249. The number of nitrogens with one attached hydrogen (secondary N) is 1. The van der Waals surface area contributed by atoms with Crippen molar-refractivity contribution in [3.05, 3.63) is 81.4 Å². The number of nitrogen functional groups attached to an aromatic ring is 1. The minimum absolute atomic E-state index is 0. The predicted octanol–water partition coefficient (Wildman–Crippen LogP) is 3.92. The molecular weight excluding hydrogens is 679 g/mol. The van der Waals surface area contributed by atoms with Crippen molar-refractivity contribution >= 4 is 47.9 Å². The number of fused-ring (bicyclic) bond motifs is 3. The third-order valence-electron chi connectivity index (χ3n) is 9.30. The number of carbonyl (C=O) groups excluding carboxylic acids is 3. The van der Waals surface area contributed by atoms with Crippen molar-refractivity contribution in [2.45, 2.75) is 83.3 Å². The number of carbonyl (C=O) groups is 3. The molecule has 1 aliphatic heterocycles. The number of hydrogen-bond donors (Lipinski definition) is 6. The Morgan fingerprint density at radius 2 is 1.69 bits per heavy atom. The van der Waals surface area contributed by atoms with Gasteiger partial charge < -0.3 is 45.7 Å². The summed E-state index contributed by atoms with van der Waals surface area (Å²) in [6, 6.07) is 11.2. The van der Waals surface area contributed by atoms with Crippen molar-refractivity contribution < 1.29 is 49.0 Å². The number of phenolic OH excluding ortho intramolecular Hbond substituents is 2. The lowest BCUT2D eigenvalue weighted by atomic mass is 9.72. The molecule has 7 N–H and O–H groups in total. The van der Waals surface area contributed by atoms with E-state index in [1.165, 1.54) is 32.2 Å². The molecule has 6 atom stereocenters. The van der Waals surface area contributed by atoms with Crippen molar-refractivity contribution in [1.29, 1.82) is 0 Å². The number of ether oxygens (including phenoxy) is 3. The highest BCUT2D eigenvalue weighted by atomic mass is 35.5. The zero-order chi connectivity index (χ0) is 33.1. The molecule has 12 nitrogen and oxygen atoms in total. The lowest BCUT2D eigenvalue weighted by Gasteiger charge is -2.43. The first-order valence-electron chi connectivity index (χ1n) is 15.0. The fourth-order valence-corrected chi connectivity index (χ4v) is 6.71. The van der Waals surface area contributed by atoms with Crippen LogP contribution in [0.1, 0.15) is 88.8 Å². The molecular formula is C35H42Cl2N2O10. The van der Waals surface area contributed by atoms with Crippen LogP contribution in [0.2, 0.25) is 0 Å². The molecule has 0 saturated carbocycles. The van der Waals surface area contributed by atoms with Gasteiger partial charge in [0.1, 0.15) is 22.8 Å². The molecule has 3 aliphatic rings. The monoisotopic (exact) mass is 720 g/mol. The van der Waals surface area contributed by atoms with Crippen LogP contribution in [0, 0.1) is 0 Å². The number of halogens is 2. The summed E-state index contributed by atoms with van der Waals surface area (Å²) in [5, 5.41) is 48.9. The Bertz CT molecular complexity index is 1750. The van der Waals surface area contributed by atoms with Crippen molar-refractivity contribution in [2.24, 2.45) is 0 Å². The summed E-state index contributed by atoms with van der Waals surface area (Å²) >= 11 is 0. The van der Waals surface area contributed by atoms with Gasteiger partial charge in [0.05, 0.1) is 42.1 Å². The van der Waals surface area contributed by atoms with E-state index in [9.17, 15) is 34.8 Å². The summed E-state index contributed by atoms with van der Waals surface area (Å²) in [5.41, 5.74) is 4.29. The first-order valence-corrected chi connectivity index (χ1v) is 15.0. The van der Waals surface area contributed by atoms with Gasteiger partial charge in [-0.05, 0) is 37.6 Å². The Kier molecular flexibility index (Phi) is 12.2. The molecule has 1 heterocycles. The number of rotatable bonds is 7. The summed E-state index contributed by atoms with van der Waals surface area (Å²) < 4.78 is 17.6. The number of aliphatic hydroxyl groups excluding tert-OH is 1. The normalized spacial score (nSPS) is 25.4. The quantitative estimate of drug-likeness (QED) is 0.119. The Morgan fingerprint density at radius 1 is 1.04 bits per heavy atom. The highest BCUT2D eigenvalue weighted by molar-refractivity contribution is 6.31. The van der Waals surface area contributed by atoms with E-state index in [1.807, 2.05) is 12.1 Å². The first kappa shape index (κ1) is 39.7. The zero-order valence-electron chi connectivity index (χ0n) is 26.4. The van der Waals surface area contributed by atoms with Crippen LogP contribution in [-0.4, -0.2) is 75.0 Å². The van der Waals surface area contributed by atoms with Gasteiger partial charge >= 0.3 is 0 Å². The molecule has 5 unspecified atom stereocenters. The number of ketones is 3. The number of Topliss-reactive ketones (excluding diaryl/α,β-unsaturated/α-hetero) is 1. The summed E-state index contributed by atoms with van der Waals surface area (Å²) in [4.78, 5) is 40.2. The lowest BCUT2D eigenvalue weighted by Crippen LogP contribution is -2.54. The van der Waals surface area contributed by atoms with Crippen LogP contribution in [0.5, 0.6) is 17.2 Å². The molecule has 0 radical (unpaired) electrons. The standard InChI is InChI=1S/C34H36N2O10.CH4.2ClH/c1-15-29(38)21(36-14-17-7-9-18(35)10-8-17)11-24(45-15)46-23-13-34(43,16(2)37)12-20-26(23)33(42)28-27(31(20)40)30(39)19-5-4-6-22(44-3)25(19)32(28)41;;;/h4-10,15,21,23-24,29,36,38,40,42-43H,11-14,35H2,1-3H3;1H4;2*1H/t15?,21?,23?,24?,29?,34-;;;/m0.../s1. The number of hydrogen-bond acceptors (Lipinski definition) is 12. The number of aromatic hydroxyl groups is 2. The molecule has 3 aromatic carbocycles. The maximum Gasteiger partial charge on any atom is 0.202 e. The number of anilines is 1. The van der Waals surface area contributed by atoms with Gasteiger partial charge in [0.2, 0.25) is 5.78 Å². The average Bonchev–Trinajstić information content (AvgIpc) is 3.02. The van der Waals surface area contributed by atoms with Gasteiger partial charge in [-0.1, -0.05) is 31.7 Å². The molecule has 0 bridgehead atoms. The van der Waals surface area contributed by atoms with E-state index < -0.39 is 82.6 Å². The number of benzene rings is 3. The predicted molar refractivity (Wildman–Crippen MR) is 185 cm³/mol. The van der Waals surface area contributed by atoms with E-state index in [4.69, 9.17) is 19.9 Å². The largest absolute Gasteiger partial charge is 0.507 e. The second-order valence-electron chi connectivity index (χ2n) is 12.2. The molecule has 266 valence electrons. The van der Waals surface area contributed by atoms with Crippen LogP contribution in [-0.2, 0) is 27.2 Å². The second kappa shape index (κ2) is 15.0. The molecule has 1 fully saturated rings. The van der Waals surface area contributed by atoms with E-state index in [0.29, 0.717) is 12.2 Å². The molecule has 3 aromatic rings. The Morgan fingerprint density at radius 3 is 2.33 bits per heavy atom. The second-order valence-corrected chi connectivity index (χ2v) is 12.2. The average molecular weight is 722 g/mol. The van der Waals surface area contributed by atoms with Crippen LogP contribution in [0.3, 0.4) is 0 Å². The summed E-state index contributed by atoms with van der Waals surface area (Å²) in [6.07, 6.45) is -4.45. The van der Waals surface area contributed by atoms with Crippen LogP contribution >= 0.6 is 24.8 Å². The van der Waals surface area contributed by atoms with Crippen molar-refractivity contribution in [2.75, 3.05) is 12.8 Å². The van der Waals surface area contributed by atoms with Gasteiger partial charge in [-0.2, -0.15) is 0 Å². The fraction of sp³-hybridized carbons (Fsp3) is 0.400. The summed E-state index contributed by atoms with van der Waals surface area (Å²) in [6.45, 7) is 3.29. The smallest absolute Gasteiger partial charge is 0.202 e.